The molecule has 2 aliphatic rings. The molecular weight excluding hydrogens is 367 g/mol. The van der Waals surface area contributed by atoms with E-state index in [1.807, 2.05) is 6.08 Å². The van der Waals surface area contributed by atoms with Crippen LogP contribution in [0.1, 0.15) is 54.3 Å². The van der Waals surface area contributed by atoms with Crippen LogP contribution in [0.25, 0.3) is 11.5 Å². The number of alkyl halides is 3. The van der Waals surface area contributed by atoms with Crippen LogP contribution in [0, 0.1) is 6.92 Å². The molecule has 26 heavy (non-hydrogen) atoms. The lowest BCUT2D eigenvalue weighted by molar-refractivity contribution is -0.137. The zero-order valence-electron chi connectivity index (χ0n) is 13.9. The molecule has 0 bridgehead atoms. The molecule has 138 valence electrons. The quantitative estimate of drug-likeness (QED) is 0.802. The Hall–Kier alpha value is -2.16. The molecule has 0 unspecified atom stereocenters. The van der Waals surface area contributed by atoms with Crippen molar-refractivity contribution in [3.05, 3.63) is 27.9 Å². The zero-order chi connectivity index (χ0) is 18.5. The monoisotopic (exact) mass is 383 g/mol. The Morgan fingerprint density at radius 3 is 2.77 bits per heavy atom. The fourth-order valence-electron chi connectivity index (χ4n) is 3.08. The van der Waals surface area contributed by atoms with E-state index in [4.69, 9.17) is 4.52 Å². The molecule has 2 heterocycles. The number of carbonyl (C=O) groups excluding carboxylic acids is 1. The van der Waals surface area contributed by atoms with Gasteiger partial charge >= 0.3 is 6.18 Å². The summed E-state index contributed by atoms with van der Waals surface area (Å²) in [4.78, 5) is 16.6. The van der Waals surface area contributed by atoms with Crippen molar-refractivity contribution in [2.75, 3.05) is 5.32 Å². The number of carbonyl (C=O) groups is 1. The largest absolute Gasteiger partial charge is 0.418 e. The highest BCUT2D eigenvalue weighted by molar-refractivity contribution is 7.17. The molecule has 0 atom stereocenters. The molecule has 2 aromatic heterocycles. The molecular formula is C17H16F3N3O2S. The second-order valence-electron chi connectivity index (χ2n) is 6.54. The lowest BCUT2D eigenvalue weighted by atomic mass is 10.1. The first-order valence-electron chi connectivity index (χ1n) is 8.39. The van der Waals surface area contributed by atoms with E-state index in [1.54, 1.807) is 0 Å². The van der Waals surface area contributed by atoms with E-state index in [2.05, 4.69) is 15.5 Å². The Morgan fingerprint density at radius 1 is 1.38 bits per heavy atom. The fraction of sp³-hybridized carbons (Fsp3) is 0.471. The van der Waals surface area contributed by atoms with E-state index in [0.717, 1.165) is 37.0 Å². The highest BCUT2D eigenvalue weighted by Gasteiger charge is 2.41. The van der Waals surface area contributed by atoms with E-state index in [0.29, 0.717) is 17.8 Å². The number of amides is 1. The van der Waals surface area contributed by atoms with E-state index in [9.17, 15) is 18.0 Å². The van der Waals surface area contributed by atoms with E-state index < -0.39 is 11.7 Å². The summed E-state index contributed by atoms with van der Waals surface area (Å²) >= 11 is 0.876. The summed E-state index contributed by atoms with van der Waals surface area (Å²) in [7, 11) is 0. The molecule has 4 rings (SSSR count). The van der Waals surface area contributed by atoms with Crippen molar-refractivity contribution < 1.29 is 22.5 Å². The van der Waals surface area contributed by atoms with Crippen LogP contribution in [0.3, 0.4) is 0 Å². The zero-order valence-corrected chi connectivity index (χ0v) is 14.8. The second-order valence-corrected chi connectivity index (χ2v) is 7.77. The maximum Gasteiger partial charge on any atom is 0.418 e. The molecule has 0 aromatic carbocycles. The van der Waals surface area contributed by atoms with Gasteiger partial charge in [0, 0.05) is 16.4 Å². The van der Waals surface area contributed by atoms with Crippen LogP contribution in [0.5, 0.6) is 0 Å². The number of hydrogen-bond acceptors (Lipinski definition) is 5. The summed E-state index contributed by atoms with van der Waals surface area (Å²) in [5.74, 6) is 0.0101. The van der Waals surface area contributed by atoms with Gasteiger partial charge in [-0.15, -0.1) is 11.3 Å². The molecule has 1 amide bonds. The molecule has 0 spiro atoms. The lowest BCUT2D eigenvalue weighted by Gasteiger charge is -2.09. The molecule has 2 aliphatic carbocycles. The summed E-state index contributed by atoms with van der Waals surface area (Å²) in [6.07, 6.45) is 1.36. The third-order valence-corrected chi connectivity index (χ3v) is 5.55. The summed E-state index contributed by atoms with van der Waals surface area (Å²) in [6.45, 7) is 1.37. The SMILES string of the molecule is Cc1sc(NC(=O)C2=CCCC2)c(-c2nc(C3CC3)no2)c1C(F)(F)F. The number of anilines is 1. The minimum atomic E-state index is -4.58. The van der Waals surface area contributed by atoms with Crippen molar-refractivity contribution in [1.29, 1.82) is 0 Å². The Balaban J connectivity index is 1.76. The van der Waals surface area contributed by atoms with Crippen molar-refractivity contribution in [1.82, 2.24) is 10.1 Å². The van der Waals surface area contributed by atoms with Gasteiger partial charge in [-0.05, 0) is 39.0 Å². The Morgan fingerprint density at radius 2 is 2.15 bits per heavy atom. The molecule has 1 saturated carbocycles. The van der Waals surface area contributed by atoms with E-state index >= 15 is 0 Å². The summed E-state index contributed by atoms with van der Waals surface area (Å²) in [5, 5.41) is 6.53. The van der Waals surface area contributed by atoms with Gasteiger partial charge in [-0.1, -0.05) is 11.2 Å². The predicted octanol–water partition coefficient (Wildman–Crippen LogP) is 5.05. The predicted molar refractivity (Wildman–Crippen MR) is 89.9 cm³/mol. The third-order valence-electron chi connectivity index (χ3n) is 4.53. The molecule has 0 radical (unpaired) electrons. The maximum absolute atomic E-state index is 13.6. The van der Waals surface area contributed by atoms with Gasteiger partial charge < -0.3 is 9.84 Å². The van der Waals surface area contributed by atoms with Crippen LogP contribution < -0.4 is 5.32 Å². The number of nitrogens with zero attached hydrogens (tertiary/aromatic N) is 2. The van der Waals surface area contributed by atoms with Crippen molar-refractivity contribution >= 4 is 22.2 Å². The minimum absolute atomic E-state index is 0.0503. The van der Waals surface area contributed by atoms with Gasteiger partial charge in [0.2, 0.25) is 0 Å². The van der Waals surface area contributed by atoms with Gasteiger partial charge in [-0.3, -0.25) is 4.79 Å². The van der Waals surface area contributed by atoms with Crippen LogP contribution in [-0.2, 0) is 11.0 Å². The van der Waals surface area contributed by atoms with Gasteiger partial charge in [0.1, 0.15) is 5.00 Å². The number of nitrogens with one attached hydrogen (secondary N) is 1. The normalized spacial score (nSPS) is 17.5. The third kappa shape index (κ3) is 3.15. The van der Waals surface area contributed by atoms with Gasteiger partial charge in [0.25, 0.3) is 11.8 Å². The first kappa shape index (κ1) is 17.3. The average molecular weight is 383 g/mol. The number of allylic oxidation sites excluding steroid dienone is 1. The van der Waals surface area contributed by atoms with Crippen molar-refractivity contribution in [2.24, 2.45) is 0 Å². The Kier molecular flexibility index (Phi) is 4.13. The molecule has 2 aromatic rings. The molecule has 1 fully saturated rings. The number of rotatable bonds is 4. The average Bonchev–Trinajstić information content (AvgIpc) is 3.01. The van der Waals surface area contributed by atoms with Crippen LogP contribution in [0.2, 0.25) is 0 Å². The molecule has 0 saturated heterocycles. The topological polar surface area (TPSA) is 68.0 Å². The van der Waals surface area contributed by atoms with Gasteiger partial charge in [-0.2, -0.15) is 18.2 Å². The Bertz CT molecular complexity index is 894. The smallest absolute Gasteiger partial charge is 0.334 e. The van der Waals surface area contributed by atoms with Crippen LogP contribution in [-0.4, -0.2) is 16.0 Å². The molecule has 0 aliphatic heterocycles. The molecule has 9 heteroatoms. The maximum atomic E-state index is 13.6. The van der Waals surface area contributed by atoms with Gasteiger partial charge in [0.05, 0.1) is 11.1 Å². The number of aryl methyl sites for hydroxylation is 1. The fourth-order valence-corrected chi connectivity index (χ4v) is 4.14. The minimum Gasteiger partial charge on any atom is -0.334 e. The first-order valence-corrected chi connectivity index (χ1v) is 9.21. The number of halogens is 3. The summed E-state index contributed by atoms with van der Waals surface area (Å²) < 4.78 is 46.0. The standard InChI is InChI=1S/C17H16F3N3O2S/c1-8-12(17(18,19)20)11(15-21-13(23-25-15)9-6-7-9)16(26-8)22-14(24)10-4-2-3-5-10/h4,9H,2-3,5-7H2,1H3,(H,22,24). The molecule has 5 nitrogen and oxygen atoms in total. The van der Waals surface area contributed by atoms with Gasteiger partial charge in [-0.25, -0.2) is 0 Å². The van der Waals surface area contributed by atoms with E-state index in [-0.39, 0.29) is 33.2 Å². The number of thiophene rings is 1. The Labute approximate surface area is 151 Å². The number of aromatic nitrogens is 2. The second kappa shape index (κ2) is 6.22. The van der Waals surface area contributed by atoms with Crippen molar-refractivity contribution in [3.63, 3.8) is 0 Å². The van der Waals surface area contributed by atoms with Crippen LogP contribution in [0.4, 0.5) is 18.2 Å². The van der Waals surface area contributed by atoms with Crippen molar-refractivity contribution in [3.8, 4) is 11.5 Å². The summed E-state index contributed by atoms with van der Waals surface area (Å²) in [6, 6.07) is 0. The number of hydrogen-bond donors (Lipinski definition) is 1. The lowest BCUT2D eigenvalue weighted by Crippen LogP contribution is -2.14. The van der Waals surface area contributed by atoms with Crippen LogP contribution in [0.15, 0.2) is 16.2 Å². The van der Waals surface area contributed by atoms with Gasteiger partial charge in [0.15, 0.2) is 5.82 Å². The molecule has 1 N–H and O–H groups in total. The van der Waals surface area contributed by atoms with Crippen LogP contribution >= 0.6 is 11.3 Å². The summed E-state index contributed by atoms with van der Waals surface area (Å²) in [5.41, 5.74) is -0.463. The highest BCUT2D eigenvalue weighted by Crippen LogP contribution is 2.48. The van der Waals surface area contributed by atoms with Crippen molar-refractivity contribution in [2.45, 2.75) is 51.1 Å². The first-order chi connectivity index (χ1) is 12.3. The van der Waals surface area contributed by atoms with E-state index in [1.165, 1.54) is 6.92 Å². The highest BCUT2D eigenvalue weighted by atomic mass is 32.1.